The summed E-state index contributed by atoms with van der Waals surface area (Å²) in [5.74, 6) is 2.91. The number of hydrogen-bond donors (Lipinski definition) is 0. The van der Waals surface area contributed by atoms with Crippen LogP contribution in [0.1, 0.15) is 59.8 Å². The summed E-state index contributed by atoms with van der Waals surface area (Å²) >= 11 is 0. The smallest absolute Gasteiger partial charge is 0.00880 e. The maximum atomic E-state index is 2.52. The molecule has 2 aliphatic rings. The van der Waals surface area contributed by atoms with Gasteiger partial charge in [0.2, 0.25) is 0 Å². The molecule has 0 amide bonds. The predicted octanol–water partition coefficient (Wildman–Crippen LogP) is 4.81. The monoisotopic (exact) mass is 206 g/mol. The lowest BCUT2D eigenvalue weighted by Gasteiger charge is -2.52. The molecule has 2 aliphatic carbocycles. The van der Waals surface area contributed by atoms with Gasteiger partial charge in [0.1, 0.15) is 0 Å². The molecule has 15 heavy (non-hydrogen) atoms. The third-order valence-corrected chi connectivity index (χ3v) is 5.49. The van der Waals surface area contributed by atoms with Gasteiger partial charge < -0.3 is 0 Å². The minimum atomic E-state index is 0.547. The van der Waals surface area contributed by atoms with Crippen LogP contribution in [0.5, 0.6) is 0 Å². The predicted molar refractivity (Wildman–Crippen MR) is 66.8 cm³/mol. The van der Waals surface area contributed by atoms with Crippen molar-refractivity contribution in [2.24, 2.45) is 23.2 Å². The van der Waals surface area contributed by atoms with Crippen LogP contribution in [-0.2, 0) is 0 Å². The summed E-state index contributed by atoms with van der Waals surface area (Å²) in [6.45, 7) is 9.76. The maximum Gasteiger partial charge on any atom is -0.00880 e. The highest BCUT2D eigenvalue weighted by molar-refractivity contribution is 5.18. The van der Waals surface area contributed by atoms with E-state index in [1.54, 1.807) is 5.57 Å². The van der Waals surface area contributed by atoms with Gasteiger partial charge in [-0.1, -0.05) is 38.8 Å². The molecule has 0 aromatic carbocycles. The molecule has 1 saturated carbocycles. The van der Waals surface area contributed by atoms with E-state index in [1.807, 2.05) is 0 Å². The molecule has 0 aromatic heterocycles. The molecule has 1 fully saturated rings. The van der Waals surface area contributed by atoms with E-state index < -0.39 is 0 Å². The second kappa shape index (κ2) is 3.96. The Morgan fingerprint density at radius 1 is 1.40 bits per heavy atom. The van der Waals surface area contributed by atoms with Gasteiger partial charge in [-0.05, 0) is 55.8 Å². The maximum absolute atomic E-state index is 2.52. The highest BCUT2D eigenvalue weighted by atomic mass is 14.5. The second-order valence-electron chi connectivity index (χ2n) is 6.08. The molecule has 86 valence electrons. The first-order valence-corrected chi connectivity index (χ1v) is 6.77. The number of allylic oxidation sites excluding steroid dienone is 2. The van der Waals surface area contributed by atoms with E-state index in [4.69, 9.17) is 0 Å². The largest absolute Gasteiger partial charge is 0.0850 e. The van der Waals surface area contributed by atoms with Crippen molar-refractivity contribution >= 4 is 0 Å². The first-order chi connectivity index (χ1) is 7.09. The first kappa shape index (κ1) is 11.2. The summed E-state index contributed by atoms with van der Waals surface area (Å²) in [6.07, 6.45) is 9.52. The van der Waals surface area contributed by atoms with E-state index in [9.17, 15) is 0 Å². The topological polar surface area (TPSA) is 0 Å². The van der Waals surface area contributed by atoms with Gasteiger partial charge in [0.25, 0.3) is 0 Å². The van der Waals surface area contributed by atoms with Gasteiger partial charge in [-0.2, -0.15) is 0 Å². The summed E-state index contributed by atoms with van der Waals surface area (Å²) in [5.41, 5.74) is 2.23. The van der Waals surface area contributed by atoms with Crippen molar-refractivity contribution in [1.82, 2.24) is 0 Å². The van der Waals surface area contributed by atoms with E-state index in [2.05, 4.69) is 33.8 Å². The van der Waals surface area contributed by atoms with Crippen LogP contribution in [0.2, 0.25) is 0 Å². The summed E-state index contributed by atoms with van der Waals surface area (Å²) in [5, 5.41) is 0. The molecule has 4 unspecified atom stereocenters. The average Bonchev–Trinajstić information content (AvgIpc) is 2.22. The Morgan fingerprint density at radius 2 is 2.13 bits per heavy atom. The Kier molecular flexibility index (Phi) is 2.96. The highest BCUT2D eigenvalue weighted by Gasteiger charge is 2.45. The molecule has 0 N–H and O–H groups in total. The molecule has 0 heteroatoms. The quantitative estimate of drug-likeness (QED) is 0.540. The third kappa shape index (κ3) is 1.66. The van der Waals surface area contributed by atoms with Crippen molar-refractivity contribution < 1.29 is 0 Å². The SMILES string of the molecule is CCC1C(C)CCC2(C)C(C)=CCCC12. The van der Waals surface area contributed by atoms with Gasteiger partial charge in [-0.3, -0.25) is 0 Å². The molecule has 0 nitrogen and oxygen atoms in total. The van der Waals surface area contributed by atoms with Crippen LogP contribution < -0.4 is 0 Å². The Labute approximate surface area is 95.1 Å². The van der Waals surface area contributed by atoms with Gasteiger partial charge in [0.15, 0.2) is 0 Å². The van der Waals surface area contributed by atoms with E-state index in [0.29, 0.717) is 5.41 Å². The zero-order valence-electron chi connectivity index (χ0n) is 10.8. The van der Waals surface area contributed by atoms with Crippen molar-refractivity contribution in [2.45, 2.75) is 59.8 Å². The Balaban J connectivity index is 2.29. The highest BCUT2D eigenvalue weighted by Crippen LogP contribution is 2.55. The van der Waals surface area contributed by atoms with Crippen molar-refractivity contribution in [2.75, 3.05) is 0 Å². The lowest BCUT2D eigenvalue weighted by Crippen LogP contribution is -2.42. The zero-order valence-corrected chi connectivity index (χ0v) is 10.8. The molecule has 0 bridgehead atoms. The lowest BCUT2D eigenvalue weighted by atomic mass is 9.53. The summed E-state index contributed by atoms with van der Waals surface area (Å²) < 4.78 is 0. The van der Waals surface area contributed by atoms with Gasteiger partial charge in [0, 0.05) is 0 Å². The molecular formula is C15H26. The number of fused-ring (bicyclic) bond motifs is 1. The zero-order chi connectivity index (χ0) is 11.1. The van der Waals surface area contributed by atoms with E-state index in [-0.39, 0.29) is 0 Å². The van der Waals surface area contributed by atoms with E-state index in [0.717, 1.165) is 17.8 Å². The van der Waals surface area contributed by atoms with E-state index >= 15 is 0 Å². The van der Waals surface area contributed by atoms with Crippen molar-refractivity contribution in [3.63, 3.8) is 0 Å². The molecule has 0 heterocycles. The third-order valence-electron chi connectivity index (χ3n) is 5.49. The summed E-state index contributed by atoms with van der Waals surface area (Å²) in [4.78, 5) is 0. The minimum absolute atomic E-state index is 0.547. The fourth-order valence-electron chi connectivity index (χ4n) is 4.22. The molecule has 4 atom stereocenters. The van der Waals surface area contributed by atoms with Crippen LogP contribution in [0.4, 0.5) is 0 Å². The van der Waals surface area contributed by atoms with Crippen LogP contribution in [0.3, 0.4) is 0 Å². The molecule has 0 radical (unpaired) electrons. The molecule has 0 aliphatic heterocycles. The molecule has 0 aromatic rings. The number of rotatable bonds is 1. The first-order valence-electron chi connectivity index (χ1n) is 6.77. The van der Waals surface area contributed by atoms with Crippen LogP contribution >= 0.6 is 0 Å². The fraction of sp³-hybridized carbons (Fsp3) is 0.867. The Hall–Kier alpha value is -0.260. The minimum Gasteiger partial charge on any atom is -0.0850 e. The second-order valence-corrected chi connectivity index (χ2v) is 6.08. The standard InChI is InChI=1S/C15H26/c1-5-13-11(2)9-10-15(4)12(3)7-6-8-14(13)15/h7,11,13-14H,5-6,8-10H2,1-4H3. The normalized spacial score (nSPS) is 45.9. The average molecular weight is 206 g/mol. The van der Waals surface area contributed by atoms with Crippen molar-refractivity contribution in [3.05, 3.63) is 11.6 Å². The van der Waals surface area contributed by atoms with Crippen molar-refractivity contribution in [3.8, 4) is 0 Å². The molecule has 0 saturated heterocycles. The molecular weight excluding hydrogens is 180 g/mol. The summed E-state index contributed by atoms with van der Waals surface area (Å²) in [7, 11) is 0. The lowest BCUT2D eigenvalue weighted by molar-refractivity contribution is 0.0333. The van der Waals surface area contributed by atoms with Crippen molar-refractivity contribution in [1.29, 1.82) is 0 Å². The van der Waals surface area contributed by atoms with Crippen LogP contribution in [0.25, 0.3) is 0 Å². The van der Waals surface area contributed by atoms with Gasteiger partial charge in [0.05, 0.1) is 0 Å². The van der Waals surface area contributed by atoms with Crippen LogP contribution in [0, 0.1) is 23.2 Å². The van der Waals surface area contributed by atoms with Crippen LogP contribution in [0.15, 0.2) is 11.6 Å². The summed E-state index contributed by atoms with van der Waals surface area (Å²) in [6, 6.07) is 0. The van der Waals surface area contributed by atoms with Gasteiger partial charge in [-0.15, -0.1) is 0 Å². The molecule has 0 spiro atoms. The van der Waals surface area contributed by atoms with Crippen LogP contribution in [-0.4, -0.2) is 0 Å². The van der Waals surface area contributed by atoms with E-state index in [1.165, 1.54) is 32.1 Å². The molecule has 2 rings (SSSR count). The van der Waals surface area contributed by atoms with Gasteiger partial charge in [-0.25, -0.2) is 0 Å². The van der Waals surface area contributed by atoms with Gasteiger partial charge >= 0.3 is 0 Å². The number of hydrogen-bond acceptors (Lipinski definition) is 0. The fourth-order valence-corrected chi connectivity index (χ4v) is 4.22. The Morgan fingerprint density at radius 3 is 2.80 bits per heavy atom. The Bertz CT molecular complexity index is 263.